The Morgan fingerprint density at radius 1 is 1.12 bits per heavy atom. The minimum Gasteiger partial charge on any atom is -0.451 e. The molecule has 2 heterocycles. The summed E-state index contributed by atoms with van der Waals surface area (Å²) in [7, 11) is 0. The van der Waals surface area contributed by atoms with Gasteiger partial charge in [0, 0.05) is 25.0 Å². The lowest BCUT2D eigenvalue weighted by molar-refractivity contribution is -0.136. The van der Waals surface area contributed by atoms with E-state index in [4.69, 9.17) is 4.74 Å². The van der Waals surface area contributed by atoms with Crippen LogP contribution in [0.1, 0.15) is 29.9 Å². The number of carbonyl (C=O) groups excluding carboxylic acids is 2. The Balaban J connectivity index is 1.63. The van der Waals surface area contributed by atoms with Crippen molar-refractivity contribution in [1.29, 1.82) is 0 Å². The molecule has 0 saturated carbocycles. The molecule has 26 heavy (non-hydrogen) atoms. The number of pyridine rings is 1. The van der Waals surface area contributed by atoms with Gasteiger partial charge in [0.2, 0.25) is 0 Å². The van der Waals surface area contributed by atoms with Crippen LogP contribution in [0.2, 0.25) is 0 Å². The minimum atomic E-state index is -0.606. The summed E-state index contributed by atoms with van der Waals surface area (Å²) in [4.78, 5) is 30.6. The molecule has 3 aromatic rings. The van der Waals surface area contributed by atoms with Crippen LogP contribution in [-0.2, 0) is 16.1 Å². The van der Waals surface area contributed by atoms with E-state index < -0.39 is 5.97 Å². The normalized spacial score (nSPS) is 10.9. The van der Waals surface area contributed by atoms with Gasteiger partial charge in [0.1, 0.15) is 5.65 Å². The number of carbonyl (C=O) groups is 2. The molecule has 1 aromatic carbocycles. The molecule has 1 amide bonds. The molecular formula is C20H21N3O3. The number of benzene rings is 1. The monoisotopic (exact) mass is 351 g/mol. The summed E-state index contributed by atoms with van der Waals surface area (Å²) in [6.07, 6.45) is 3.39. The standard InChI is InChI=1S/C20H21N3O3/c1-15(2)23(12-16-8-4-3-5-9-16)19(24)14-26-20(25)17-13-22-11-7-6-10-18(22)21-17/h3-11,13,15H,12,14H2,1-2H3. The van der Waals surface area contributed by atoms with Crippen LogP contribution in [0, 0.1) is 0 Å². The zero-order valence-corrected chi connectivity index (χ0v) is 14.8. The third kappa shape index (κ3) is 4.08. The van der Waals surface area contributed by atoms with Gasteiger partial charge >= 0.3 is 5.97 Å². The largest absolute Gasteiger partial charge is 0.451 e. The molecule has 3 rings (SSSR count). The van der Waals surface area contributed by atoms with Crippen LogP contribution in [-0.4, -0.2) is 38.8 Å². The number of imidazole rings is 1. The molecule has 134 valence electrons. The van der Waals surface area contributed by atoms with Crippen molar-refractivity contribution in [1.82, 2.24) is 14.3 Å². The second-order valence-electron chi connectivity index (χ2n) is 6.27. The topological polar surface area (TPSA) is 63.9 Å². The van der Waals surface area contributed by atoms with E-state index in [9.17, 15) is 9.59 Å². The van der Waals surface area contributed by atoms with Crippen LogP contribution in [0.3, 0.4) is 0 Å². The first kappa shape index (κ1) is 17.7. The van der Waals surface area contributed by atoms with E-state index in [1.165, 1.54) is 0 Å². The number of amides is 1. The van der Waals surface area contributed by atoms with E-state index >= 15 is 0 Å². The number of hydrogen-bond acceptors (Lipinski definition) is 4. The van der Waals surface area contributed by atoms with Crippen molar-refractivity contribution in [3.63, 3.8) is 0 Å². The van der Waals surface area contributed by atoms with Crippen molar-refractivity contribution in [3.8, 4) is 0 Å². The number of esters is 1. The number of nitrogens with zero attached hydrogens (tertiary/aromatic N) is 3. The summed E-state index contributed by atoms with van der Waals surface area (Å²) in [5.41, 5.74) is 1.86. The number of aromatic nitrogens is 2. The van der Waals surface area contributed by atoms with Crippen molar-refractivity contribution >= 4 is 17.5 Å². The summed E-state index contributed by atoms with van der Waals surface area (Å²) in [5.74, 6) is -0.841. The fourth-order valence-electron chi connectivity index (χ4n) is 2.66. The molecule has 0 atom stereocenters. The van der Waals surface area contributed by atoms with E-state index in [0.29, 0.717) is 12.2 Å². The van der Waals surface area contributed by atoms with Crippen LogP contribution >= 0.6 is 0 Å². The lowest BCUT2D eigenvalue weighted by Crippen LogP contribution is -2.39. The molecule has 0 aliphatic carbocycles. The molecule has 0 radical (unpaired) electrons. The number of hydrogen-bond donors (Lipinski definition) is 0. The average molecular weight is 351 g/mol. The lowest BCUT2D eigenvalue weighted by atomic mass is 10.2. The maximum absolute atomic E-state index is 12.5. The van der Waals surface area contributed by atoms with Crippen LogP contribution < -0.4 is 0 Å². The first-order valence-corrected chi connectivity index (χ1v) is 8.49. The second kappa shape index (κ2) is 7.82. The summed E-state index contributed by atoms with van der Waals surface area (Å²) in [6, 6.07) is 15.2. The third-order valence-electron chi connectivity index (χ3n) is 4.04. The highest BCUT2D eigenvalue weighted by Crippen LogP contribution is 2.10. The van der Waals surface area contributed by atoms with Gasteiger partial charge in [-0.15, -0.1) is 0 Å². The number of rotatable bonds is 6. The van der Waals surface area contributed by atoms with E-state index in [2.05, 4.69) is 4.98 Å². The Kier molecular flexibility index (Phi) is 5.31. The van der Waals surface area contributed by atoms with Gasteiger partial charge in [0.25, 0.3) is 5.91 Å². The average Bonchev–Trinajstić information content (AvgIpc) is 3.09. The van der Waals surface area contributed by atoms with Crippen molar-refractivity contribution in [2.24, 2.45) is 0 Å². The summed E-state index contributed by atoms with van der Waals surface area (Å²) < 4.78 is 6.91. The van der Waals surface area contributed by atoms with Gasteiger partial charge in [-0.2, -0.15) is 0 Å². The highest BCUT2D eigenvalue weighted by atomic mass is 16.5. The Morgan fingerprint density at radius 3 is 2.54 bits per heavy atom. The Labute approximate surface area is 152 Å². The van der Waals surface area contributed by atoms with Crippen LogP contribution in [0.4, 0.5) is 0 Å². The first-order valence-electron chi connectivity index (χ1n) is 8.49. The van der Waals surface area contributed by atoms with Crippen LogP contribution in [0.25, 0.3) is 5.65 Å². The minimum absolute atomic E-state index is 0.00315. The molecule has 0 spiro atoms. The summed E-state index contributed by atoms with van der Waals surface area (Å²) >= 11 is 0. The van der Waals surface area contributed by atoms with E-state index in [0.717, 1.165) is 5.56 Å². The fraction of sp³-hybridized carbons (Fsp3) is 0.250. The Hall–Kier alpha value is -3.15. The molecule has 0 saturated heterocycles. The zero-order valence-electron chi connectivity index (χ0n) is 14.8. The van der Waals surface area contributed by atoms with Gasteiger partial charge < -0.3 is 14.0 Å². The van der Waals surface area contributed by atoms with Crippen molar-refractivity contribution in [2.75, 3.05) is 6.61 Å². The molecule has 6 heteroatoms. The van der Waals surface area contributed by atoms with E-state index in [1.807, 2.05) is 56.3 Å². The predicted octanol–water partition coefficient (Wildman–Crippen LogP) is 2.93. The molecule has 0 N–H and O–H groups in total. The SMILES string of the molecule is CC(C)N(Cc1ccccc1)C(=O)COC(=O)c1cn2ccccc2n1. The lowest BCUT2D eigenvalue weighted by Gasteiger charge is -2.26. The summed E-state index contributed by atoms with van der Waals surface area (Å²) in [5, 5.41) is 0. The van der Waals surface area contributed by atoms with Crippen LogP contribution in [0.5, 0.6) is 0 Å². The highest BCUT2D eigenvalue weighted by molar-refractivity contribution is 5.90. The molecule has 0 fully saturated rings. The molecule has 2 aromatic heterocycles. The summed E-state index contributed by atoms with van der Waals surface area (Å²) in [6.45, 7) is 4.04. The number of ether oxygens (including phenoxy) is 1. The molecule has 0 unspecified atom stereocenters. The van der Waals surface area contributed by atoms with Gasteiger partial charge in [0.15, 0.2) is 12.3 Å². The molecule has 0 aliphatic rings. The smallest absolute Gasteiger partial charge is 0.359 e. The zero-order chi connectivity index (χ0) is 18.5. The Bertz CT molecular complexity index is 870. The van der Waals surface area contributed by atoms with Crippen LogP contribution in [0.15, 0.2) is 60.9 Å². The van der Waals surface area contributed by atoms with Crippen molar-refractivity contribution < 1.29 is 14.3 Å². The first-order chi connectivity index (χ1) is 12.5. The molecule has 0 aliphatic heterocycles. The van der Waals surface area contributed by atoms with Gasteiger partial charge in [-0.05, 0) is 31.5 Å². The number of fused-ring (bicyclic) bond motifs is 1. The highest BCUT2D eigenvalue weighted by Gasteiger charge is 2.20. The van der Waals surface area contributed by atoms with Crippen molar-refractivity contribution in [2.45, 2.75) is 26.4 Å². The van der Waals surface area contributed by atoms with Gasteiger partial charge in [-0.3, -0.25) is 4.79 Å². The second-order valence-corrected chi connectivity index (χ2v) is 6.27. The van der Waals surface area contributed by atoms with Gasteiger partial charge in [-0.1, -0.05) is 36.4 Å². The molecule has 0 bridgehead atoms. The third-order valence-corrected chi connectivity index (χ3v) is 4.04. The maximum atomic E-state index is 12.5. The molecular weight excluding hydrogens is 330 g/mol. The van der Waals surface area contributed by atoms with Crippen molar-refractivity contribution in [3.05, 3.63) is 72.2 Å². The van der Waals surface area contributed by atoms with E-state index in [-0.39, 0.29) is 24.2 Å². The van der Waals surface area contributed by atoms with Gasteiger partial charge in [-0.25, -0.2) is 9.78 Å². The van der Waals surface area contributed by atoms with E-state index in [1.54, 1.807) is 27.8 Å². The predicted molar refractivity (Wildman–Crippen MR) is 97.6 cm³/mol. The Morgan fingerprint density at radius 2 is 1.85 bits per heavy atom. The maximum Gasteiger partial charge on any atom is 0.359 e. The quantitative estimate of drug-likeness (QED) is 0.641. The molecule has 6 nitrogen and oxygen atoms in total. The van der Waals surface area contributed by atoms with Gasteiger partial charge in [0.05, 0.1) is 0 Å². The fourth-order valence-corrected chi connectivity index (χ4v) is 2.66.